The summed E-state index contributed by atoms with van der Waals surface area (Å²) in [7, 11) is -3.41. The molecule has 1 aliphatic rings. The molecule has 2 nitrogen and oxygen atoms in total. The highest BCUT2D eigenvalue weighted by Crippen LogP contribution is 2.55. The largest absolute Gasteiger partial charge is 0.636 e. The average molecular weight is 682 g/mol. The minimum Gasteiger partial charge on any atom is -0.520 e. The van der Waals surface area contributed by atoms with Crippen LogP contribution in [0.5, 0.6) is 11.5 Å². The summed E-state index contributed by atoms with van der Waals surface area (Å²) in [5.41, 5.74) is -11.4. The molecule has 0 N–H and O–H groups in total. The van der Waals surface area contributed by atoms with Gasteiger partial charge in [0.15, 0.2) is 58.2 Å². The summed E-state index contributed by atoms with van der Waals surface area (Å²) >= 11 is 0. The molecule has 0 fully saturated rings. The SMILES string of the molecule is Fc1ccc(F)c(OB(Oc2c(F)c(F)c(F)c3c(F)cccc23)c2c(F)c(F)c(F)c3c2C(F)(F)c2c(F)c(F)c(F)c(F)c2-3)c1. The molecule has 5 aromatic rings. The molecule has 6 rings (SSSR count). The second-order valence-electron chi connectivity index (χ2n) is 9.76. The molecule has 47 heavy (non-hydrogen) atoms. The van der Waals surface area contributed by atoms with Gasteiger partial charge in [0.25, 0.3) is 0 Å². The number of hydrogen-bond donors (Lipinski definition) is 0. The van der Waals surface area contributed by atoms with Gasteiger partial charge in [-0.15, -0.1) is 0 Å². The van der Waals surface area contributed by atoms with Crippen molar-refractivity contribution >= 4 is 23.4 Å². The van der Waals surface area contributed by atoms with E-state index in [1.807, 2.05) is 0 Å². The fourth-order valence-corrected chi connectivity index (χ4v) is 5.15. The van der Waals surface area contributed by atoms with Crippen molar-refractivity contribution in [2.75, 3.05) is 0 Å². The predicted octanol–water partition coefficient (Wildman–Crippen LogP) is 8.62. The molecule has 0 heterocycles. The first-order valence-electron chi connectivity index (χ1n) is 12.5. The summed E-state index contributed by atoms with van der Waals surface area (Å²) in [6.07, 6.45) is 0. The van der Waals surface area contributed by atoms with Crippen LogP contribution in [0.25, 0.3) is 21.9 Å². The Bertz CT molecular complexity index is 2190. The molecule has 0 aliphatic heterocycles. The zero-order chi connectivity index (χ0) is 34.4. The van der Waals surface area contributed by atoms with Crippen molar-refractivity contribution in [1.29, 1.82) is 0 Å². The highest BCUT2D eigenvalue weighted by molar-refractivity contribution is 6.64. The minimum absolute atomic E-state index is 0.125. The van der Waals surface area contributed by atoms with Crippen LogP contribution < -0.4 is 14.8 Å². The Morgan fingerprint density at radius 3 is 1.74 bits per heavy atom. The molecule has 0 unspecified atom stereocenters. The summed E-state index contributed by atoms with van der Waals surface area (Å²) in [4.78, 5) is 0. The van der Waals surface area contributed by atoms with Gasteiger partial charge in [-0.2, -0.15) is 13.2 Å². The minimum atomic E-state index is -5.37. The van der Waals surface area contributed by atoms with Crippen LogP contribution in [0.3, 0.4) is 0 Å². The molecule has 0 amide bonds. The van der Waals surface area contributed by atoms with E-state index >= 15 is 26.3 Å². The van der Waals surface area contributed by atoms with Crippen LogP contribution in [0, 0.1) is 75.6 Å². The zero-order valence-corrected chi connectivity index (χ0v) is 22.0. The molecule has 0 bridgehead atoms. The van der Waals surface area contributed by atoms with Crippen molar-refractivity contribution in [3.8, 4) is 22.6 Å². The van der Waals surface area contributed by atoms with Gasteiger partial charge in [0, 0.05) is 28.1 Å². The van der Waals surface area contributed by atoms with E-state index in [1.54, 1.807) is 0 Å². The van der Waals surface area contributed by atoms with E-state index in [4.69, 9.17) is 9.31 Å². The lowest BCUT2D eigenvalue weighted by Gasteiger charge is -2.24. The Morgan fingerprint density at radius 2 is 1.09 bits per heavy atom. The number of benzene rings is 5. The monoisotopic (exact) mass is 682 g/mol. The summed E-state index contributed by atoms with van der Waals surface area (Å²) < 4.78 is 233. The molecular weight excluding hydrogens is 676 g/mol. The number of halogens is 15. The second kappa shape index (κ2) is 10.8. The fraction of sp³-hybridized carbons (Fsp3) is 0.0345. The van der Waals surface area contributed by atoms with Crippen LogP contribution in [0.1, 0.15) is 11.1 Å². The Morgan fingerprint density at radius 1 is 0.511 bits per heavy atom. The number of hydrogen-bond acceptors (Lipinski definition) is 2. The van der Waals surface area contributed by atoms with Crippen LogP contribution in [0.4, 0.5) is 65.9 Å². The van der Waals surface area contributed by atoms with E-state index in [0.29, 0.717) is 24.3 Å². The van der Waals surface area contributed by atoms with E-state index in [1.165, 1.54) is 0 Å². The van der Waals surface area contributed by atoms with Crippen LogP contribution in [0.2, 0.25) is 0 Å². The van der Waals surface area contributed by atoms with Gasteiger partial charge in [-0.05, 0) is 18.2 Å². The first kappa shape index (κ1) is 31.9. The number of rotatable bonds is 5. The van der Waals surface area contributed by atoms with Crippen LogP contribution in [-0.4, -0.2) is 7.12 Å². The first-order chi connectivity index (χ1) is 22.0. The van der Waals surface area contributed by atoms with E-state index in [9.17, 15) is 39.5 Å². The van der Waals surface area contributed by atoms with Crippen molar-refractivity contribution in [3.63, 3.8) is 0 Å². The summed E-state index contributed by atoms with van der Waals surface area (Å²) in [5, 5.41) is -2.47. The topological polar surface area (TPSA) is 18.5 Å². The first-order valence-corrected chi connectivity index (χ1v) is 12.5. The van der Waals surface area contributed by atoms with Gasteiger partial charge in [-0.25, -0.2) is 52.7 Å². The molecular formula is C29H6BF15O2. The Balaban J connectivity index is 1.72. The van der Waals surface area contributed by atoms with Crippen molar-refractivity contribution in [2.45, 2.75) is 5.92 Å². The molecule has 0 aromatic heterocycles. The van der Waals surface area contributed by atoms with E-state index < -0.39 is 139 Å². The number of fused-ring (bicyclic) bond motifs is 4. The second-order valence-corrected chi connectivity index (χ2v) is 9.76. The fourth-order valence-electron chi connectivity index (χ4n) is 5.15. The lowest BCUT2D eigenvalue weighted by atomic mass is 9.72. The smallest absolute Gasteiger partial charge is 0.520 e. The zero-order valence-electron chi connectivity index (χ0n) is 22.0. The maximum atomic E-state index is 15.9. The van der Waals surface area contributed by atoms with Crippen LogP contribution in [0.15, 0.2) is 36.4 Å². The highest BCUT2D eigenvalue weighted by Gasteiger charge is 2.57. The summed E-state index contributed by atoms with van der Waals surface area (Å²) in [6.45, 7) is 0. The van der Waals surface area contributed by atoms with Crippen LogP contribution in [-0.2, 0) is 5.92 Å². The lowest BCUT2D eigenvalue weighted by Crippen LogP contribution is -2.49. The lowest BCUT2D eigenvalue weighted by molar-refractivity contribution is 0.0433. The Labute approximate surface area is 250 Å². The normalized spacial score (nSPS) is 13.2. The van der Waals surface area contributed by atoms with Gasteiger partial charge in [-0.3, -0.25) is 0 Å². The third-order valence-corrected chi connectivity index (χ3v) is 7.16. The summed E-state index contributed by atoms with van der Waals surface area (Å²) in [6, 6.07) is 2.81. The van der Waals surface area contributed by atoms with E-state index in [-0.39, 0.29) is 6.07 Å². The average Bonchev–Trinajstić information content (AvgIpc) is 3.27. The van der Waals surface area contributed by atoms with Gasteiger partial charge in [0.2, 0.25) is 5.82 Å². The maximum absolute atomic E-state index is 15.9. The molecule has 242 valence electrons. The standard InChI is InChI=1S/C29H6BF15O2/c31-7-4-5-9(32)11(6-7)46-30(47-28-8-2-1-3-10(33)12(8)18(34)25(41)27(28)43)17-15-13(19(35)23(39)22(17)38)14-16(29(15,44)45)21(37)26(42)24(40)20(14)36/h1-6H. The molecule has 1 aliphatic carbocycles. The van der Waals surface area contributed by atoms with Gasteiger partial charge < -0.3 is 9.31 Å². The molecule has 0 saturated carbocycles. The van der Waals surface area contributed by atoms with Gasteiger partial charge in [-0.1, -0.05) is 12.1 Å². The van der Waals surface area contributed by atoms with Gasteiger partial charge in [0.05, 0.1) is 16.4 Å². The highest BCUT2D eigenvalue weighted by atomic mass is 19.3. The Hall–Kier alpha value is -5.03. The molecule has 0 spiro atoms. The molecule has 0 radical (unpaired) electrons. The van der Waals surface area contributed by atoms with E-state index in [2.05, 4.69) is 0 Å². The third kappa shape index (κ3) is 4.47. The van der Waals surface area contributed by atoms with Gasteiger partial charge in [0.1, 0.15) is 23.1 Å². The van der Waals surface area contributed by atoms with Gasteiger partial charge >= 0.3 is 13.0 Å². The van der Waals surface area contributed by atoms with Crippen molar-refractivity contribution in [3.05, 3.63) is 123 Å². The van der Waals surface area contributed by atoms with Crippen molar-refractivity contribution < 1.29 is 75.2 Å². The molecule has 5 aromatic carbocycles. The van der Waals surface area contributed by atoms with E-state index in [0.717, 1.165) is 6.07 Å². The van der Waals surface area contributed by atoms with Crippen LogP contribution >= 0.6 is 0 Å². The maximum Gasteiger partial charge on any atom is 0.636 e. The molecule has 18 heteroatoms. The van der Waals surface area contributed by atoms with Crippen molar-refractivity contribution in [1.82, 2.24) is 0 Å². The Kier molecular flexibility index (Phi) is 7.32. The van der Waals surface area contributed by atoms with Crippen molar-refractivity contribution in [2.24, 2.45) is 0 Å². The molecule has 0 atom stereocenters. The third-order valence-electron chi connectivity index (χ3n) is 7.16. The summed E-state index contributed by atoms with van der Waals surface area (Å²) in [5.74, 6) is -39.8. The quantitative estimate of drug-likeness (QED) is 0.0801. The predicted molar refractivity (Wildman–Crippen MR) is 131 cm³/mol. The molecule has 0 saturated heterocycles. The number of alkyl halides is 2.